The van der Waals surface area contributed by atoms with Crippen LogP contribution in [0.5, 0.6) is 11.5 Å². The minimum Gasteiger partial charge on any atom is -0.494 e. The Morgan fingerprint density at radius 2 is 1.55 bits per heavy atom. The van der Waals surface area contributed by atoms with Crippen LogP contribution in [0.25, 0.3) is 6.08 Å². The molecule has 0 saturated heterocycles. The molecule has 5 heteroatoms. The van der Waals surface area contributed by atoms with E-state index in [2.05, 4.69) is 5.32 Å². The molecule has 0 unspecified atom stereocenters. The van der Waals surface area contributed by atoms with Gasteiger partial charge in [0.1, 0.15) is 29.7 Å². The van der Waals surface area contributed by atoms with E-state index in [0.29, 0.717) is 24.7 Å². The van der Waals surface area contributed by atoms with Gasteiger partial charge in [-0.1, -0.05) is 42.0 Å². The fraction of sp³-hybridized carbons (Fsp3) is 0.154. The lowest BCUT2D eigenvalue weighted by atomic mass is 10.1. The molecule has 0 aliphatic carbocycles. The first-order valence-corrected chi connectivity index (χ1v) is 10.0. The Hall–Kier alpha value is -4.04. The molecule has 0 atom stereocenters. The SMILES string of the molecule is CCOc1ccc(/C=C(\C#N)C(=O)Nc2ccc(OCc3ccc(C)cc3)cc2)cc1. The van der Waals surface area contributed by atoms with Gasteiger partial charge in [-0.25, -0.2) is 0 Å². The molecule has 0 fully saturated rings. The van der Waals surface area contributed by atoms with E-state index in [0.717, 1.165) is 16.9 Å². The molecule has 0 radical (unpaired) electrons. The number of carbonyl (C=O) groups excluding carboxylic acids is 1. The zero-order valence-corrected chi connectivity index (χ0v) is 17.6. The van der Waals surface area contributed by atoms with Crippen molar-refractivity contribution in [1.29, 1.82) is 5.26 Å². The first-order chi connectivity index (χ1) is 15.1. The molecule has 0 bridgehead atoms. The maximum Gasteiger partial charge on any atom is 0.266 e. The second kappa shape index (κ2) is 10.7. The molecule has 3 rings (SSSR count). The van der Waals surface area contributed by atoms with Crippen LogP contribution in [0.2, 0.25) is 0 Å². The van der Waals surface area contributed by atoms with Gasteiger partial charge in [0.25, 0.3) is 5.91 Å². The molecule has 0 spiro atoms. The molecule has 3 aromatic carbocycles. The van der Waals surface area contributed by atoms with Crippen molar-refractivity contribution in [2.75, 3.05) is 11.9 Å². The van der Waals surface area contributed by atoms with Gasteiger partial charge in [-0.05, 0) is 67.4 Å². The van der Waals surface area contributed by atoms with Crippen LogP contribution in [0.3, 0.4) is 0 Å². The molecule has 156 valence electrons. The lowest BCUT2D eigenvalue weighted by Gasteiger charge is -2.09. The van der Waals surface area contributed by atoms with Crippen LogP contribution in [0.4, 0.5) is 5.69 Å². The summed E-state index contributed by atoms with van der Waals surface area (Å²) >= 11 is 0. The van der Waals surface area contributed by atoms with Crippen molar-refractivity contribution in [3.8, 4) is 17.6 Å². The number of benzene rings is 3. The van der Waals surface area contributed by atoms with Crippen molar-refractivity contribution in [2.45, 2.75) is 20.5 Å². The zero-order chi connectivity index (χ0) is 22.1. The Balaban J connectivity index is 1.59. The van der Waals surface area contributed by atoms with Crippen LogP contribution in [-0.2, 0) is 11.4 Å². The highest BCUT2D eigenvalue weighted by Gasteiger charge is 2.10. The zero-order valence-electron chi connectivity index (χ0n) is 17.6. The summed E-state index contributed by atoms with van der Waals surface area (Å²) in [7, 11) is 0. The molecule has 0 aliphatic heterocycles. The number of hydrogen-bond acceptors (Lipinski definition) is 4. The molecule has 0 saturated carbocycles. The van der Waals surface area contributed by atoms with Crippen molar-refractivity contribution >= 4 is 17.7 Å². The summed E-state index contributed by atoms with van der Waals surface area (Å²) in [6.07, 6.45) is 1.55. The molecule has 1 N–H and O–H groups in total. The number of aryl methyl sites for hydroxylation is 1. The first kappa shape index (κ1) is 21.7. The average Bonchev–Trinajstić information content (AvgIpc) is 2.79. The summed E-state index contributed by atoms with van der Waals surface area (Å²) < 4.78 is 11.2. The summed E-state index contributed by atoms with van der Waals surface area (Å²) in [6, 6.07) is 24.4. The third-order valence-corrected chi connectivity index (χ3v) is 4.51. The lowest BCUT2D eigenvalue weighted by molar-refractivity contribution is -0.112. The highest BCUT2D eigenvalue weighted by Crippen LogP contribution is 2.19. The normalized spacial score (nSPS) is 10.8. The number of carbonyl (C=O) groups is 1. The van der Waals surface area contributed by atoms with Crippen molar-refractivity contribution in [3.63, 3.8) is 0 Å². The molecule has 0 aliphatic rings. The Labute approximate surface area is 182 Å². The number of amides is 1. The van der Waals surface area contributed by atoms with Crippen LogP contribution in [0, 0.1) is 18.3 Å². The minimum atomic E-state index is -0.468. The summed E-state index contributed by atoms with van der Waals surface area (Å²) in [6.45, 7) is 5.00. The molecule has 0 aromatic heterocycles. The quantitative estimate of drug-likeness (QED) is 0.391. The van der Waals surface area contributed by atoms with Crippen molar-refractivity contribution in [3.05, 3.63) is 95.1 Å². The van der Waals surface area contributed by atoms with Gasteiger partial charge in [0.15, 0.2) is 0 Å². The predicted octanol–water partition coefficient (Wildman–Crippen LogP) is 5.52. The van der Waals surface area contributed by atoms with E-state index < -0.39 is 5.91 Å². The number of nitrogens with one attached hydrogen (secondary N) is 1. The number of nitriles is 1. The molecule has 0 heterocycles. The Morgan fingerprint density at radius 1 is 0.935 bits per heavy atom. The Kier molecular flexibility index (Phi) is 7.45. The van der Waals surface area contributed by atoms with Gasteiger partial charge in [0.2, 0.25) is 0 Å². The first-order valence-electron chi connectivity index (χ1n) is 10.0. The van der Waals surface area contributed by atoms with Gasteiger partial charge >= 0.3 is 0 Å². The van der Waals surface area contributed by atoms with E-state index in [-0.39, 0.29) is 5.57 Å². The number of hydrogen-bond donors (Lipinski definition) is 1. The van der Waals surface area contributed by atoms with E-state index in [4.69, 9.17) is 9.47 Å². The summed E-state index contributed by atoms with van der Waals surface area (Å²) in [5.74, 6) is 0.973. The maximum absolute atomic E-state index is 12.5. The van der Waals surface area contributed by atoms with Crippen LogP contribution in [0.15, 0.2) is 78.4 Å². The van der Waals surface area contributed by atoms with Gasteiger partial charge in [-0.3, -0.25) is 4.79 Å². The summed E-state index contributed by atoms with van der Waals surface area (Å²) in [4.78, 5) is 12.5. The van der Waals surface area contributed by atoms with E-state index in [1.807, 2.05) is 44.2 Å². The van der Waals surface area contributed by atoms with E-state index in [9.17, 15) is 10.1 Å². The summed E-state index contributed by atoms with van der Waals surface area (Å²) in [5, 5.41) is 12.1. The molecular weight excluding hydrogens is 388 g/mol. The number of anilines is 1. The van der Waals surface area contributed by atoms with Crippen LogP contribution in [0.1, 0.15) is 23.6 Å². The standard InChI is InChI=1S/C26H24N2O3/c1-3-30-24-12-8-20(9-13-24)16-22(17-27)26(29)28-23-10-14-25(15-11-23)31-18-21-6-4-19(2)5-7-21/h4-16H,3,18H2,1-2H3,(H,28,29)/b22-16+. The van der Waals surface area contributed by atoms with Crippen LogP contribution in [-0.4, -0.2) is 12.5 Å². The van der Waals surface area contributed by atoms with Gasteiger partial charge in [0, 0.05) is 5.69 Å². The molecule has 31 heavy (non-hydrogen) atoms. The van der Waals surface area contributed by atoms with Crippen molar-refractivity contribution in [2.24, 2.45) is 0 Å². The third kappa shape index (κ3) is 6.48. The van der Waals surface area contributed by atoms with Gasteiger partial charge in [-0.2, -0.15) is 5.26 Å². The monoisotopic (exact) mass is 412 g/mol. The average molecular weight is 412 g/mol. The molecular formula is C26H24N2O3. The largest absolute Gasteiger partial charge is 0.494 e. The molecule has 3 aromatic rings. The topological polar surface area (TPSA) is 71.3 Å². The fourth-order valence-corrected chi connectivity index (χ4v) is 2.83. The number of ether oxygens (including phenoxy) is 2. The fourth-order valence-electron chi connectivity index (χ4n) is 2.83. The minimum absolute atomic E-state index is 0.0175. The Morgan fingerprint density at radius 3 is 2.16 bits per heavy atom. The van der Waals surface area contributed by atoms with Gasteiger partial charge < -0.3 is 14.8 Å². The van der Waals surface area contributed by atoms with Gasteiger partial charge in [0.05, 0.1) is 6.61 Å². The lowest BCUT2D eigenvalue weighted by Crippen LogP contribution is -2.13. The van der Waals surface area contributed by atoms with Crippen molar-refractivity contribution in [1.82, 2.24) is 0 Å². The van der Waals surface area contributed by atoms with E-state index in [1.54, 1.807) is 54.6 Å². The third-order valence-electron chi connectivity index (χ3n) is 4.51. The molecule has 5 nitrogen and oxygen atoms in total. The highest BCUT2D eigenvalue weighted by molar-refractivity contribution is 6.09. The van der Waals surface area contributed by atoms with Crippen LogP contribution >= 0.6 is 0 Å². The predicted molar refractivity (Wildman–Crippen MR) is 122 cm³/mol. The highest BCUT2D eigenvalue weighted by atomic mass is 16.5. The maximum atomic E-state index is 12.5. The number of rotatable bonds is 8. The number of nitrogens with zero attached hydrogens (tertiary/aromatic N) is 1. The van der Waals surface area contributed by atoms with E-state index in [1.165, 1.54) is 5.56 Å². The second-order valence-electron chi connectivity index (χ2n) is 6.92. The second-order valence-corrected chi connectivity index (χ2v) is 6.92. The van der Waals surface area contributed by atoms with E-state index >= 15 is 0 Å². The molecule has 1 amide bonds. The Bertz CT molecular complexity index is 1080. The van der Waals surface area contributed by atoms with Crippen LogP contribution < -0.4 is 14.8 Å². The van der Waals surface area contributed by atoms with Gasteiger partial charge in [-0.15, -0.1) is 0 Å². The van der Waals surface area contributed by atoms with Crippen molar-refractivity contribution < 1.29 is 14.3 Å². The summed E-state index contributed by atoms with van der Waals surface area (Å²) in [5.41, 5.74) is 3.64. The smallest absolute Gasteiger partial charge is 0.266 e.